The number of rotatable bonds is 5. The molecule has 0 spiro atoms. The van der Waals surface area contributed by atoms with E-state index in [1.165, 1.54) is 18.9 Å². The van der Waals surface area contributed by atoms with E-state index in [2.05, 4.69) is 25.2 Å². The van der Waals surface area contributed by atoms with E-state index in [1.807, 2.05) is 30.3 Å². The molecule has 7 heteroatoms. The number of hydrogen-bond donors (Lipinski definition) is 2. The molecule has 0 aliphatic heterocycles. The van der Waals surface area contributed by atoms with Gasteiger partial charge in [-0.3, -0.25) is 4.57 Å². The summed E-state index contributed by atoms with van der Waals surface area (Å²) in [6.07, 6.45) is 6.17. The van der Waals surface area contributed by atoms with Gasteiger partial charge in [0.15, 0.2) is 5.65 Å². The highest BCUT2D eigenvalue weighted by Gasteiger charge is 2.24. The molecule has 30 heavy (non-hydrogen) atoms. The monoisotopic (exact) mass is 404 g/mol. The standard InChI is InChI=1S/C22H21FN6.CH4/c23-17-12-6-7-13-18(17)26-22-27-19-14-24-21(25-15-8-2-1-3-9-15)28-20(19)29(22)16-10-4-5-11-16;/h1-3,6-9,12-14,16H,4-5,10-11H2,(H,26,27)(H,24,25,28);1H4. The smallest absolute Gasteiger partial charge is 0.229 e. The Bertz CT molecular complexity index is 1140. The van der Waals surface area contributed by atoms with E-state index >= 15 is 0 Å². The fraction of sp³-hybridized carbons (Fsp3) is 0.261. The summed E-state index contributed by atoms with van der Waals surface area (Å²) >= 11 is 0. The molecule has 2 heterocycles. The lowest BCUT2D eigenvalue weighted by molar-refractivity contribution is 0.535. The largest absolute Gasteiger partial charge is 0.324 e. The second kappa shape index (κ2) is 8.49. The maximum Gasteiger partial charge on any atom is 0.229 e. The summed E-state index contributed by atoms with van der Waals surface area (Å²) in [5.41, 5.74) is 2.76. The van der Waals surface area contributed by atoms with Crippen molar-refractivity contribution >= 4 is 34.4 Å². The zero-order chi connectivity index (χ0) is 19.6. The summed E-state index contributed by atoms with van der Waals surface area (Å²) in [6, 6.07) is 16.7. The molecular weight excluding hydrogens is 379 g/mol. The minimum Gasteiger partial charge on any atom is -0.324 e. The second-order valence-corrected chi connectivity index (χ2v) is 7.24. The fourth-order valence-corrected chi connectivity index (χ4v) is 3.88. The van der Waals surface area contributed by atoms with Crippen LogP contribution in [0.15, 0.2) is 60.8 Å². The lowest BCUT2D eigenvalue weighted by atomic mass is 10.2. The first-order chi connectivity index (χ1) is 14.3. The van der Waals surface area contributed by atoms with Crippen LogP contribution >= 0.6 is 0 Å². The Morgan fingerprint density at radius 1 is 0.900 bits per heavy atom. The zero-order valence-corrected chi connectivity index (χ0v) is 15.8. The van der Waals surface area contributed by atoms with Gasteiger partial charge in [-0.1, -0.05) is 50.6 Å². The average molecular weight is 404 g/mol. The van der Waals surface area contributed by atoms with Crippen LogP contribution in [0, 0.1) is 5.82 Å². The van der Waals surface area contributed by atoms with E-state index in [1.54, 1.807) is 24.4 Å². The summed E-state index contributed by atoms with van der Waals surface area (Å²) in [7, 11) is 0. The molecule has 154 valence electrons. The van der Waals surface area contributed by atoms with Gasteiger partial charge in [0, 0.05) is 11.7 Å². The van der Waals surface area contributed by atoms with Crippen molar-refractivity contribution in [3.63, 3.8) is 0 Å². The summed E-state index contributed by atoms with van der Waals surface area (Å²) in [6.45, 7) is 0. The molecule has 1 aliphatic carbocycles. The SMILES string of the molecule is C.Fc1ccccc1Nc1nc2cnc(Nc3ccccc3)nc2n1C1CCCC1. The van der Waals surface area contributed by atoms with E-state index in [0.717, 1.165) is 24.2 Å². The van der Waals surface area contributed by atoms with Crippen LogP contribution in [-0.2, 0) is 0 Å². The first-order valence-corrected chi connectivity index (χ1v) is 9.86. The Kier molecular flexibility index (Phi) is 5.61. The summed E-state index contributed by atoms with van der Waals surface area (Å²) < 4.78 is 16.3. The van der Waals surface area contributed by atoms with Crippen LogP contribution in [0.4, 0.5) is 27.7 Å². The lowest BCUT2D eigenvalue weighted by Crippen LogP contribution is -2.10. The third kappa shape index (κ3) is 3.83. The van der Waals surface area contributed by atoms with E-state index < -0.39 is 0 Å². The molecule has 0 amide bonds. The predicted octanol–water partition coefficient (Wildman–Crippen LogP) is 6.20. The van der Waals surface area contributed by atoms with Crippen molar-refractivity contribution in [2.45, 2.75) is 39.2 Å². The molecule has 2 N–H and O–H groups in total. The Morgan fingerprint density at radius 2 is 1.63 bits per heavy atom. The van der Waals surface area contributed by atoms with Gasteiger partial charge in [-0.15, -0.1) is 0 Å². The number of nitrogens with zero attached hydrogens (tertiary/aromatic N) is 4. The topological polar surface area (TPSA) is 67.7 Å². The number of benzene rings is 2. The van der Waals surface area contributed by atoms with E-state index in [0.29, 0.717) is 23.1 Å². The predicted molar refractivity (Wildman–Crippen MR) is 119 cm³/mol. The maximum absolute atomic E-state index is 14.2. The van der Waals surface area contributed by atoms with Crippen molar-refractivity contribution in [1.29, 1.82) is 0 Å². The van der Waals surface area contributed by atoms with Crippen molar-refractivity contribution in [2.24, 2.45) is 0 Å². The van der Waals surface area contributed by atoms with Gasteiger partial charge in [0.05, 0.1) is 11.9 Å². The van der Waals surface area contributed by atoms with Crippen molar-refractivity contribution in [1.82, 2.24) is 19.5 Å². The van der Waals surface area contributed by atoms with Crippen LogP contribution in [0.25, 0.3) is 11.2 Å². The van der Waals surface area contributed by atoms with E-state index in [9.17, 15) is 4.39 Å². The van der Waals surface area contributed by atoms with Gasteiger partial charge < -0.3 is 10.6 Å². The Hall–Kier alpha value is -3.48. The molecular formula is C23H25FN6. The minimum atomic E-state index is -0.310. The number of nitrogens with one attached hydrogen (secondary N) is 2. The van der Waals surface area contributed by atoms with Crippen LogP contribution < -0.4 is 10.6 Å². The Morgan fingerprint density at radius 3 is 2.40 bits per heavy atom. The average Bonchev–Trinajstić information content (AvgIpc) is 3.37. The highest BCUT2D eigenvalue weighted by Crippen LogP contribution is 2.36. The molecule has 4 aromatic rings. The molecule has 0 radical (unpaired) electrons. The number of aromatic nitrogens is 4. The van der Waals surface area contributed by atoms with Gasteiger partial charge in [0.25, 0.3) is 0 Å². The van der Waals surface area contributed by atoms with Crippen LogP contribution in [-0.4, -0.2) is 19.5 Å². The molecule has 5 rings (SSSR count). The fourth-order valence-electron chi connectivity index (χ4n) is 3.88. The maximum atomic E-state index is 14.2. The number of imidazole rings is 1. The molecule has 1 saturated carbocycles. The molecule has 2 aromatic carbocycles. The third-order valence-electron chi connectivity index (χ3n) is 5.27. The molecule has 0 saturated heterocycles. The molecule has 1 aliphatic rings. The summed E-state index contributed by atoms with van der Waals surface area (Å²) in [4.78, 5) is 13.8. The summed E-state index contributed by atoms with van der Waals surface area (Å²) in [5, 5.41) is 6.40. The Balaban J connectivity index is 0.00000218. The van der Waals surface area contributed by atoms with Crippen LogP contribution in [0.1, 0.15) is 39.2 Å². The number of anilines is 4. The molecule has 0 bridgehead atoms. The van der Waals surface area contributed by atoms with Gasteiger partial charge in [-0.05, 0) is 37.1 Å². The van der Waals surface area contributed by atoms with Crippen molar-refractivity contribution in [2.75, 3.05) is 10.6 Å². The minimum absolute atomic E-state index is 0. The lowest BCUT2D eigenvalue weighted by Gasteiger charge is -2.17. The van der Waals surface area contributed by atoms with Gasteiger partial charge in [-0.2, -0.15) is 4.98 Å². The Labute approximate surface area is 175 Å². The molecule has 0 atom stereocenters. The third-order valence-corrected chi connectivity index (χ3v) is 5.27. The van der Waals surface area contributed by atoms with Gasteiger partial charge in [0.1, 0.15) is 11.3 Å². The molecule has 0 unspecified atom stereocenters. The molecule has 6 nitrogen and oxygen atoms in total. The number of para-hydroxylation sites is 2. The number of hydrogen-bond acceptors (Lipinski definition) is 5. The normalized spacial score (nSPS) is 13.9. The van der Waals surface area contributed by atoms with Gasteiger partial charge >= 0.3 is 0 Å². The van der Waals surface area contributed by atoms with Gasteiger partial charge in [-0.25, -0.2) is 14.4 Å². The van der Waals surface area contributed by atoms with Crippen molar-refractivity contribution in [3.05, 3.63) is 66.6 Å². The molecule has 2 aromatic heterocycles. The van der Waals surface area contributed by atoms with Crippen LogP contribution in [0.3, 0.4) is 0 Å². The van der Waals surface area contributed by atoms with E-state index in [-0.39, 0.29) is 19.3 Å². The highest BCUT2D eigenvalue weighted by molar-refractivity contribution is 5.77. The van der Waals surface area contributed by atoms with Gasteiger partial charge in [0.2, 0.25) is 11.9 Å². The quantitative estimate of drug-likeness (QED) is 0.414. The number of halogens is 1. The van der Waals surface area contributed by atoms with Crippen molar-refractivity contribution < 1.29 is 4.39 Å². The first kappa shape index (κ1) is 19.8. The molecule has 1 fully saturated rings. The highest BCUT2D eigenvalue weighted by atomic mass is 19.1. The van der Waals surface area contributed by atoms with Crippen LogP contribution in [0.2, 0.25) is 0 Å². The van der Waals surface area contributed by atoms with Crippen LogP contribution in [0.5, 0.6) is 0 Å². The van der Waals surface area contributed by atoms with E-state index in [4.69, 9.17) is 4.98 Å². The second-order valence-electron chi connectivity index (χ2n) is 7.24. The first-order valence-electron chi connectivity index (χ1n) is 9.86. The number of fused-ring (bicyclic) bond motifs is 1. The summed E-state index contributed by atoms with van der Waals surface area (Å²) in [5.74, 6) is 0.804. The van der Waals surface area contributed by atoms with Crippen molar-refractivity contribution in [3.8, 4) is 0 Å². The zero-order valence-electron chi connectivity index (χ0n) is 15.8.